The summed E-state index contributed by atoms with van der Waals surface area (Å²) in [5, 5.41) is 8.96. The molecule has 1 atom stereocenters. The molecule has 2 aliphatic heterocycles. The normalized spacial score (nSPS) is 21.0. The summed E-state index contributed by atoms with van der Waals surface area (Å²) >= 11 is 0. The van der Waals surface area contributed by atoms with Crippen molar-refractivity contribution < 1.29 is 27.9 Å². The van der Waals surface area contributed by atoms with Crippen LogP contribution in [0, 0.1) is 5.92 Å². The maximum absolute atomic E-state index is 12.3. The Morgan fingerprint density at radius 3 is 2.28 bits per heavy atom. The van der Waals surface area contributed by atoms with Crippen molar-refractivity contribution in [2.75, 3.05) is 25.4 Å². The second-order valence-electron chi connectivity index (χ2n) is 6.16. The van der Waals surface area contributed by atoms with Crippen LogP contribution < -0.4 is 0 Å². The van der Waals surface area contributed by atoms with Gasteiger partial charge in [0.25, 0.3) is 11.8 Å². The van der Waals surface area contributed by atoms with Crippen LogP contribution >= 0.6 is 0 Å². The molecule has 1 unspecified atom stereocenters. The van der Waals surface area contributed by atoms with Gasteiger partial charge in [0.05, 0.1) is 22.8 Å². The van der Waals surface area contributed by atoms with E-state index in [-0.39, 0.29) is 31.8 Å². The van der Waals surface area contributed by atoms with E-state index in [1.54, 1.807) is 24.3 Å². The number of hydrogen-bond donors (Lipinski definition) is 1. The lowest BCUT2D eigenvalue weighted by molar-refractivity contribution is -0.141. The van der Waals surface area contributed by atoms with E-state index in [1.807, 2.05) is 0 Å². The van der Waals surface area contributed by atoms with E-state index < -0.39 is 33.7 Å². The number of aliphatic carboxylic acids is 1. The van der Waals surface area contributed by atoms with Crippen molar-refractivity contribution in [1.29, 1.82) is 0 Å². The second kappa shape index (κ2) is 6.57. The van der Waals surface area contributed by atoms with Gasteiger partial charge >= 0.3 is 5.97 Å². The maximum atomic E-state index is 12.3. The molecule has 1 saturated heterocycles. The minimum Gasteiger partial charge on any atom is -0.481 e. The molecule has 3 rings (SSSR count). The molecule has 2 aliphatic rings. The number of carboxylic acids is 1. The number of carbonyl (C=O) groups is 3. The van der Waals surface area contributed by atoms with Crippen LogP contribution in [0.1, 0.15) is 33.6 Å². The average molecular weight is 366 g/mol. The van der Waals surface area contributed by atoms with Gasteiger partial charge in [-0.2, -0.15) is 0 Å². The Bertz CT molecular complexity index is 800. The first-order valence-electron chi connectivity index (χ1n) is 7.97. The molecular formula is C16H18N2O6S. The number of amides is 2. The van der Waals surface area contributed by atoms with E-state index in [1.165, 1.54) is 4.31 Å². The molecule has 9 heteroatoms. The fourth-order valence-corrected chi connectivity index (χ4v) is 4.70. The van der Waals surface area contributed by atoms with Crippen molar-refractivity contribution in [3.8, 4) is 0 Å². The summed E-state index contributed by atoms with van der Waals surface area (Å²) in [6.45, 7) is 0.179. The van der Waals surface area contributed by atoms with Crippen LogP contribution in [0.4, 0.5) is 0 Å². The molecule has 2 amide bonds. The van der Waals surface area contributed by atoms with Gasteiger partial charge in [-0.1, -0.05) is 12.1 Å². The number of rotatable bonds is 6. The van der Waals surface area contributed by atoms with E-state index in [4.69, 9.17) is 5.11 Å². The fourth-order valence-electron chi connectivity index (χ4n) is 3.16. The predicted octanol–water partition coefficient (Wildman–Crippen LogP) is 0.409. The molecule has 1 N–H and O–H groups in total. The first-order chi connectivity index (χ1) is 11.8. The third kappa shape index (κ3) is 3.29. The summed E-state index contributed by atoms with van der Waals surface area (Å²) in [4.78, 5) is 36.4. The Labute approximate surface area is 145 Å². The zero-order valence-electron chi connectivity index (χ0n) is 13.4. The van der Waals surface area contributed by atoms with Gasteiger partial charge in [0.2, 0.25) is 10.0 Å². The Kier molecular flexibility index (Phi) is 4.61. The highest BCUT2D eigenvalue weighted by molar-refractivity contribution is 7.89. The highest BCUT2D eigenvalue weighted by atomic mass is 32.2. The summed E-state index contributed by atoms with van der Waals surface area (Å²) in [5.41, 5.74) is 0.665. The fraction of sp³-hybridized carbons (Fsp3) is 0.438. The molecule has 2 heterocycles. The van der Waals surface area contributed by atoms with Crippen LogP contribution in [0.2, 0.25) is 0 Å². The van der Waals surface area contributed by atoms with E-state index >= 15 is 0 Å². The summed E-state index contributed by atoms with van der Waals surface area (Å²) < 4.78 is 25.8. The van der Waals surface area contributed by atoms with E-state index in [0.29, 0.717) is 17.5 Å². The summed E-state index contributed by atoms with van der Waals surface area (Å²) in [5.74, 6) is -2.72. The maximum Gasteiger partial charge on any atom is 0.307 e. The average Bonchev–Trinajstić information content (AvgIpc) is 3.16. The van der Waals surface area contributed by atoms with E-state index in [2.05, 4.69) is 0 Å². The molecule has 134 valence electrons. The summed E-state index contributed by atoms with van der Waals surface area (Å²) in [6, 6.07) is 6.49. The van der Waals surface area contributed by atoms with Crippen molar-refractivity contribution in [3.05, 3.63) is 35.4 Å². The van der Waals surface area contributed by atoms with Crippen LogP contribution in [0.5, 0.6) is 0 Å². The molecule has 0 aromatic heterocycles. The molecule has 0 bridgehead atoms. The largest absolute Gasteiger partial charge is 0.481 e. The van der Waals surface area contributed by atoms with E-state index in [9.17, 15) is 22.8 Å². The highest BCUT2D eigenvalue weighted by Gasteiger charge is 2.37. The van der Waals surface area contributed by atoms with Gasteiger partial charge in [0.15, 0.2) is 0 Å². The predicted molar refractivity (Wildman–Crippen MR) is 87.5 cm³/mol. The number of carboxylic acid groups (broad SMARTS) is 1. The molecule has 1 aromatic carbocycles. The third-order valence-electron chi connectivity index (χ3n) is 4.56. The number of imide groups is 1. The van der Waals surface area contributed by atoms with Crippen molar-refractivity contribution in [2.45, 2.75) is 12.8 Å². The number of nitrogens with zero attached hydrogens (tertiary/aromatic N) is 2. The minimum atomic E-state index is -3.60. The second-order valence-corrected chi connectivity index (χ2v) is 8.25. The molecule has 0 aliphatic carbocycles. The van der Waals surface area contributed by atoms with Gasteiger partial charge in [-0.25, -0.2) is 12.7 Å². The number of sulfonamides is 1. The van der Waals surface area contributed by atoms with Crippen molar-refractivity contribution in [1.82, 2.24) is 9.21 Å². The lowest BCUT2D eigenvalue weighted by Crippen LogP contribution is -2.35. The van der Waals surface area contributed by atoms with Gasteiger partial charge in [0.1, 0.15) is 0 Å². The van der Waals surface area contributed by atoms with Gasteiger partial charge in [0, 0.05) is 19.6 Å². The minimum absolute atomic E-state index is 0.0157. The number of carbonyl (C=O) groups excluding carboxylic acids is 2. The summed E-state index contributed by atoms with van der Waals surface area (Å²) in [7, 11) is -3.60. The van der Waals surface area contributed by atoms with Crippen LogP contribution in [0.15, 0.2) is 24.3 Å². The van der Waals surface area contributed by atoms with Gasteiger partial charge < -0.3 is 5.11 Å². The molecule has 0 spiro atoms. The Morgan fingerprint density at radius 1 is 1.16 bits per heavy atom. The number of fused-ring (bicyclic) bond motifs is 1. The van der Waals surface area contributed by atoms with Crippen molar-refractivity contribution >= 4 is 27.8 Å². The quantitative estimate of drug-likeness (QED) is 0.730. The van der Waals surface area contributed by atoms with Crippen LogP contribution in [-0.4, -0.2) is 65.9 Å². The molecule has 0 radical (unpaired) electrons. The molecule has 8 nitrogen and oxygen atoms in total. The number of benzene rings is 1. The van der Waals surface area contributed by atoms with Crippen LogP contribution in [0.3, 0.4) is 0 Å². The molecule has 1 fully saturated rings. The first-order valence-corrected chi connectivity index (χ1v) is 9.58. The third-order valence-corrected chi connectivity index (χ3v) is 6.48. The Morgan fingerprint density at radius 2 is 1.76 bits per heavy atom. The van der Waals surface area contributed by atoms with Crippen LogP contribution in [-0.2, 0) is 14.8 Å². The topological polar surface area (TPSA) is 112 Å². The Hall–Kier alpha value is -2.26. The van der Waals surface area contributed by atoms with Crippen molar-refractivity contribution in [3.63, 3.8) is 0 Å². The zero-order chi connectivity index (χ0) is 18.2. The standard InChI is InChI=1S/C16H18N2O6S/c19-14-12-4-1-2-5-13(12)15(20)18(14)7-3-9-25(23,24)17-8-6-11(10-17)16(21)22/h1-2,4-5,11H,3,6-10H2,(H,21,22). The summed E-state index contributed by atoms with van der Waals surface area (Å²) in [6.07, 6.45) is 0.412. The molecule has 1 aromatic rings. The van der Waals surface area contributed by atoms with Crippen LogP contribution in [0.25, 0.3) is 0 Å². The Balaban J connectivity index is 1.58. The van der Waals surface area contributed by atoms with Crippen molar-refractivity contribution in [2.24, 2.45) is 5.92 Å². The monoisotopic (exact) mass is 366 g/mol. The SMILES string of the molecule is O=C(O)C1CCN(S(=O)(=O)CCCN2C(=O)c3ccccc3C2=O)C1. The first kappa shape index (κ1) is 17.6. The lowest BCUT2D eigenvalue weighted by Gasteiger charge is -2.18. The van der Waals surface area contributed by atoms with Gasteiger partial charge in [-0.15, -0.1) is 0 Å². The smallest absolute Gasteiger partial charge is 0.307 e. The van der Waals surface area contributed by atoms with Gasteiger partial charge in [-0.05, 0) is 25.0 Å². The molecular weight excluding hydrogens is 348 g/mol. The molecule has 25 heavy (non-hydrogen) atoms. The molecule has 0 saturated carbocycles. The highest BCUT2D eigenvalue weighted by Crippen LogP contribution is 2.23. The number of hydrogen-bond acceptors (Lipinski definition) is 5. The van der Waals surface area contributed by atoms with Gasteiger partial charge in [-0.3, -0.25) is 19.3 Å². The van der Waals surface area contributed by atoms with E-state index in [0.717, 1.165) is 4.90 Å². The zero-order valence-corrected chi connectivity index (χ0v) is 14.2. The lowest BCUT2D eigenvalue weighted by atomic mass is 10.1.